The molecule has 3 aromatic rings. The molecule has 1 aliphatic heterocycles. The monoisotopic (exact) mass is 535 g/mol. The van der Waals surface area contributed by atoms with Crippen LogP contribution < -0.4 is 5.32 Å². The molecular weight excluding hydrogens is 502 g/mol. The fraction of sp³-hybridized carbons (Fsp3) is 0.414. The summed E-state index contributed by atoms with van der Waals surface area (Å²) in [6.45, 7) is 4.41. The number of pyridine rings is 1. The third kappa shape index (κ3) is 5.31. The number of esters is 1. The van der Waals surface area contributed by atoms with Crippen LogP contribution in [0.3, 0.4) is 0 Å². The quantitative estimate of drug-likeness (QED) is 0.461. The van der Waals surface area contributed by atoms with Gasteiger partial charge in [-0.15, -0.1) is 0 Å². The molecule has 0 spiro atoms. The number of carbonyl (C=O) groups excluding carboxylic acids is 2. The molecule has 1 atom stereocenters. The van der Waals surface area contributed by atoms with E-state index in [9.17, 15) is 18.0 Å². The number of sulfonamides is 1. The highest BCUT2D eigenvalue weighted by atomic mass is 32.2. The number of nitrogens with zero attached hydrogens (tertiary/aromatic N) is 2. The number of anilines is 1. The lowest BCUT2D eigenvalue weighted by molar-refractivity contribution is -0.119. The zero-order valence-electron chi connectivity index (χ0n) is 21.8. The SMILES string of the molecule is Cc1ccc(NC(=O)COC(=O)c2c3c(nc4ccccc24)CC[C@@H](C)C3)cc1S(=O)(=O)N1CCCCC1. The summed E-state index contributed by atoms with van der Waals surface area (Å²) >= 11 is 0. The van der Waals surface area contributed by atoms with Crippen molar-refractivity contribution in [2.24, 2.45) is 5.92 Å². The molecule has 5 rings (SSSR count). The first kappa shape index (κ1) is 26.3. The first-order valence-corrected chi connectivity index (χ1v) is 14.7. The summed E-state index contributed by atoms with van der Waals surface area (Å²) in [5.74, 6) is -0.664. The Morgan fingerprint density at radius 3 is 2.66 bits per heavy atom. The molecule has 9 heteroatoms. The first-order chi connectivity index (χ1) is 18.2. The Balaban J connectivity index is 1.32. The van der Waals surface area contributed by atoms with Gasteiger partial charge in [-0.1, -0.05) is 37.6 Å². The van der Waals surface area contributed by atoms with Crippen LogP contribution in [0.1, 0.15) is 59.8 Å². The number of para-hydroxylation sites is 1. The predicted octanol–water partition coefficient (Wildman–Crippen LogP) is 4.64. The van der Waals surface area contributed by atoms with E-state index >= 15 is 0 Å². The number of nitrogens with one attached hydrogen (secondary N) is 1. The molecule has 1 aliphatic carbocycles. The Hall–Kier alpha value is -3.30. The Morgan fingerprint density at radius 2 is 1.87 bits per heavy atom. The van der Waals surface area contributed by atoms with Crippen molar-refractivity contribution < 1.29 is 22.7 Å². The lowest BCUT2D eigenvalue weighted by Crippen LogP contribution is -2.36. The van der Waals surface area contributed by atoms with E-state index in [1.54, 1.807) is 19.1 Å². The van der Waals surface area contributed by atoms with Crippen LogP contribution in [0.2, 0.25) is 0 Å². The standard InChI is InChI=1S/C29H33N3O5S/c1-19-10-13-25-23(16-19)28(22-8-4-5-9-24(22)31-25)29(34)37-18-27(33)30-21-12-11-20(2)26(17-21)38(35,36)32-14-6-3-7-15-32/h4-5,8-9,11-12,17,19H,3,6-7,10,13-16,18H2,1-2H3,(H,30,33)/t19-/m1/s1. The second kappa shape index (κ2) is 10.8. The van der Waals surface area contributed by atoms with Crippen molar-refractivity contribution in [1.29, 1.82) is 0 Å². The summed E-state index contributed by atoms with van der Waals surface area (Å²) < 4.78 is 33.4. The summed E-state index contributed by atoms with van der Waals surface area (Å²) in [5, 5.41) is 3.41. The zero-order chi connectivity index (χ0) is 26.9. The number of piperidine rings is 1. The summed E-state index contributed by atoms with van der Waals surface area (Å²) in [4.78, 5) is 31.0. The fourth-order valence-corrected chi connectivity index (χ4v) is 7.16. The second-order valence-electron chi connectivity index (χ2n) is 10.3. The molecule has 38 heavy (non-hydrogen) atoms. The number of hydrogen-bond acceptors (Lipinski definition) is 6. The molecule has 1 aromatic heterocycles. The van der Waals surface area contributed by atoms with Gasteiger partial charge < -0.3 is 10.1 Å². The highest BCUT2D eigenvalue weighted by Crippen LogP contribution is 2.32. The maximum Gasteiger partial charge on any atom is 0.339 e. The largest absolute Gasteiger partial charge is 0.452 e. The molecule has 8 nitrogen and oxygen atoms in total. The van der Waals surface area contributed by atoms with Crippen molar-refractivity contribution >= 4 is 38.5 Å². The topological polar surface area (TPSA) is 106 Å². The number of aryl methyl sites for hydroxylation is 2. The van der Waals surface area contributed by atoms with Gasteiger partial charge in [0.15, 0.2) is 6.61 Å². The normalized spacial score (nSPS) is 18.1. The number of amides is 1. The van der Waals surface area contributed by atoms with Crippen LogP contribution in [-0.4, -0.2) is 49.3 Å². The fourth-order valence-electron chi connectivity index (χ4n) is 5.40. The van der Waals surface area contributed by atoms with Crippen LogP contribution in [-0.2, 0) is 32.4 Å². The minimum atomic E-state index is -3.66. The van der Waals surface area contributed by atoms with E-state index in [1.165, 1.54) is 10.4 Å². The molecule has 0 bridgehead atoms. The highest BCUT2D eigenvalue weighted by molar-refractivity contribution is 7.89. The molecule has 0 unspecified atom stereocenters. The lowest BCUT2D eigenvalue weighted by Gasteiger charge is -2.26. The maximum absolute atomic E-state index is 13.3. The van der Waals surface area contributed by atoms with Crippen molar-refractivity contribution in [3.63, 3.8) is 0 Å². The van der Waals surface area contributed by atoms with E-state index in [4.69, 9.17) is 9.72 Å². The van der Waals surface area contributed by atoms with Crippen LogP contribution in [0.25, 0.3) is 10.9 Å². The molecule has 1 amide bonds. The Labute approximate surface area is 223 Å². The molecule has 1 N–H and O–H groups in total. The number of aromatic nitrogens is 1. The van der Waals surface area contributed by atoms with E-state index in [1.807, 2.05) is 24.3 Å². The summed E-state index contributed by atoms with van der Waals surface area (Å²) in [7, 11) is -3.66. The number of benzene rings is 2. The van der Waals surface area contributed by atoms with Crippen molar-refractivity contribution in [3.05, 3.63) is 64.8 Å². The van der Waals surface area contributed by atoms with Crippen LogP contribution in [0.4, 0.5) is 5.69 Å². The van der Waals surface area contributed by atoms with Crippen LogP contribution >= 0.6 is 0 Å². The average molecular weight is 536 g/mol. The van der Waals surface area contributed by atoms with Crippen LogP contribution in [0.5, 0.6) is 0 Å². The molecule has 1 saturated heterocycles. The van der Waals surface area contributed by atoms with Gasteiger partial charge in [-0.2, -0.15) is 4.31 Å². The summed E-state index contributed by atoms with van der Waals surface area (Å²) in [5.41, 5.74) is 3.99. The minimum absolute atomic E-state index is 0.179. The van der Waals surface area contributed by atoms with E-state index in [0.717, 1.165) is 60.7 Å². The van der Waals surface area contributed by atoms with Gasteiger partial charge >= 0.3 is 5.97 Å². The number of carbonyl (C=O) groups is 2. The Bertz CT molecular complexity index is 1500. The number of ether oxygens (including phenoxy) is 1. The summed E-state index contributed by atoms with van der Waals surface area (Å²) in [6, 6.07) is 12.3. The first-order valence-electron chi connectivity index (χ1n) is 13.2. The van der Waals surface area contributed by atoms with Gasteiger partial charge in [-0.25, -0.2) is 13.2 Å². The zero-order valence-corrected chi connectivity index (χ0v) is 22.6. The third-order valence-corrected chi connectivity index (χ3v) is 9.49. The van der Waals surface area contributed by atoms with Gasteiger partial charge in [0.05, 0.1) is 16.0 Å². The molecular formula is C29H33N3O5S. The molecule has 200 valence electrons. The molecule has 0 radical (unpaired) electrons. The van der Waals surface area contributed by atoms with Crippen molar-refractivity contribution in [1.82, 2.24) is 9.29 Å². The minimum Gasteiger partial charge on any atom is -0.452 e. The molecule has 2 aromatic carbocycles. The third-order valence-electron chi connectivity index (χ3n) is 7.45. The summed E-state index contributed by atoms with van der Waals surface area (Å²) in [6.07, 6.45) is 5.27. The second-order valence-corrected chi connectivity index (χ2v) is 12.3. The molecule has 2 aliphatic rings. The Kier molecular flexibility index (Phi) is 7.49. The maximum atomic E-state index is 13.3. The van der Waals surface area contributed by atoms with E-state index in [2.05, 4.69) is 12.2 Å². The smallest absolute Gasteiger partial charge is 0.339 e. The van der Waals surface area contributed by atoms with E-state index in [0.29, 0.717) is 35.8 Å². The van der Waals surface area contributed by atoms with E-state index < -0.39 is 28.5 Å². The van der Waals surface area contributed by atoms with Gasteiger partial charge in [-0.05, 0) is 74.3 Å². The van der Waals surface area contributed by atoms with Gasteiger partial charge in [-0.3, -0.25) is 9.78 Å². The van der Waals surface area contributed by atoms with Crippen molar-refractivity contribution in [2.75, 3.05) is 25.0 Å². The van der Waals surface area contributed by atoms with E-state index in [-0.39, 0.29) is 4.90 Å². The number of hydrogen-bond donors (Lipinski definition) is 1. The molecule has 1 fully saturated rings. The van der Waals surface area contributed by atoms with Crippen molar-refractivity contribution in [2.45, 2.75) is 57.3 Å². The predicted molar refractivity (Wildman–Crippen MR) is 146 cm³/mol. The van der Waals surface area contributed by atoms with Crippen molar-refractivity contribution in [3.8, 4) is 0 Å². The Morgan fingerprint density at radius 1 is 1.11 bits per heavy atom. The van der Waals surface area contributed by atoms with Gasteiger partial charge in [0, 0.05) is 29.9 Å². The number of rotatable bonds is 6. The molecule has 2 heterocycles. The van der Waals surface area contributed by atoms with Gasteiger partial charge in [0.1, 0.15) is 0 Å². The number of fused-ring (bicyclic) bond motifs is 2. The van der Waals surface area contributed by atoms with Crippen LogP contribution in [0, 0.1) is 12.8 Å². The van der Waals surface area contributed by atoms with Gasteiger partial charge in [0.2, 0.25) is 10.0 Å². The lowest BCUT2D eigenvalue weighted by atomic mass is 9.84. The van der Waals surface area contributed by atoms with Crippen LogP contribution in [0.15, 0.2) is 47.4 Å². The van der Waals surface area contributed by atoms with Gasteiger partial charge in [0.25, 0.3) is 5.91 Å². The highest BCUT2D eigenvalue weighted by Gasteiger charge is 2.29. The average Bonchev–Trinajstić information content (AvgIpc) is 2.92. The molecule has 0 saturated carbocycles.